The highest BCUT2D eigenvalue weighted by molar-refractivity contribution is 6.33. The molecule has 5 nitrogen and oxygen atoms in total. The van der Waals surface area contributed by atoms with Crippen molar-refractivity contribution in [2.24, 2.45) is 0 Å². The van der Waals surface area contributed by atoms with Gasteiger partial charge < -0.3 is 14.6 Å². The summed E-state index contributed by atoms with van der Waals surface area (Å²) in [5.41, 5.74) is 4.82. The quantitative estimate of drug-likeness (QED) is 0.395. The topological polar surface area (TPSA) is 56.1 Å². The number of carbonyl (C=O) groups excluding carboxylic acids is 1. The minimum Gasteiger partial charge on any atom is -0.491 e. The third-order valence-corrected chi connectivity index (χ3v) is 5.72. The number of para-hydroxylation sites is 2. The van der Waals surface area contributed by atoms with E-state index >= 15 is 0 Å². The number of nitrogens with one attached hydrogen (secondary N) is 1. The van der Waals surface area contributed by atoms with Crippen molar-refractivity contribution in [2.45, 2.75) is 26.8 Å². The summed E-state index contributed by atoms with van der Waals surface area (Å²) in [6, 6.07) is 21.3. The molecule has 1 aromatic heterocycles. The minimum absolute atomic E-state index is 0.184. The van der Waals surface area contributed by atoms with Crippen LogP contribution in [0.15, 0.2) is 66.7 Å². The first-order valence-electron chi connectivity index (χ1n) is 10.7. The van der Waals surface area contributed by atoms with E-state index in [0.717, 1.165) is 28.2 Å². The van der Waals surface area contributed by atoms with E-state index in [-0.39, 0.29) is 5.91 Å². The molecule has 0 unspecified atom stereocenters. The predicted molar refractivity (Wildman–Crippen MR) is 129 cm³/mol. The highest BCUT2D eigenvalue weighted by Crippen LogP contribution is 2.20. The number of hydrogen-bond acceptors (Lipinski definition) is 3. The van der Waals surface area contributed by atoms with E-state index < -0.39 is 0 Å². The largest absolute Gasteiger partial charge is 0.491 e. The Morgan fingerprint density at radius 1 is 1.06 bits per heavy atom. The molecule has 4 rings (SSSR count). The first-order chi connectivity index (χ1) is 15.5. The molecule has 0 aliphatic carbocycles. The van der Waals surface area contributed by atoms with Gasteiger partial charge >= 0.3 is 0 Å². The van der Waals surface area contributed by atoms with Gasteiger partial charge in [0.2, 0.25) is 0 Å². The Balaban J connectivity index is 1.44. The van der Waals surface area contributed by atoms with Gasteiger partial charge in [-0.05, 0) is 49.7 Å². The van der Waals surface area contributed by atoms with E-state index in [1.807, 2.05) is 30.3 Å². The molecule has 0 fully saturated rings. The third kappa shape index (κ3) is 4.94. The second-order valence-electron chi connectivity index (χ2n) is 7.77. The van der Waals surface area contributed by atoms with E-state index in [0.29, 0.717) is 36.7 Å². The van der Waals surface area contributed by atoms with Crippen LogP contribution in [0.2, 0.25) is 5.02 Å². The Kier molecular flexibility index (Phi) is 6.76. The molecule has 32 heavy (non-hydrogen) atoms. The highest BCUT2D eigenvalue weighted by Gasteiger charge is 2.13. The first kappa shape index (κ1) is 21.9. The van der Waals surface area contributed by atoms with Crippen LogP contribution in [0.3, 0.4) is 0 Å². The number of aromatic nitrogens is 2. The molecule has 1 N–H and O–H groups in total. The molecule has 3 aromatic carbocycles. The number of halogens is 1. The Morgan fingerprint density at radius 3 is 2.66 bits per heavy atom. The van der Waals surface area contributed by atoms with Gasteiger partial charge in [-0.2, -0.15) is 0 Å². The molecule has 4 aromatic rings. The lowest BCUT2D eigenvalue weighted by Crippen LogP contribution is -2.27. The van der Waals surface area contributed by atoms with Crippen molar-refractivity contribution in [1.82, 2.24) is 14.9 Å². The number of hydrogen-bond donors (Lipinski definition) is 1. The number of ether oxygens (including phenoxy) is 1. The Hall–Kier alpha value is -3.31. The molecule has 164 valence electrons. The van der Waals surface area contributed by atoms with Crippen molar-refractivity contribution in [3.63, 3.8) is 0 Å². The van der Waals surface area contributed by atoms with Crippen LogP contribution in [0.4, 0.5) is 0 Å². The van der Waals surface area contributed by atoms with Crippen molar-refractivity contribution < 1.29 is 9.53 Å². The van der Waals surface area contributed by atoms with Crippen molar-refractivity contribution in [3.8, 4) is 5.75 Å². The molecule has 0 bridgehead atoms. The molecule has 0 saturated carbocycles. The van der Waals surface area contributed by atoms with Gasteiger partial charge in [0.05, 0.1) is 28.2 Å². The van der Waals surface area contributed by atoms with Crippen molar-refractivity contribution in [1.29, 1.82) is 0 Å². The number of aryl methyl sites for hydroxylation is 2. The summed E-state index contributed by atoms with van der Waals surface area (Å²) in [4.78, 5) is 17.2. The summed E-state index contributed by atoms with van der Waals surface area (Å²) in [6.45, 7) is 5.80. The molecule has 0 saturated heterocycles. The fourth-order valence-electron chi connectivity index (χ4n) is 3.80. The lowest BCUT2D eigenvalue weighted by Gasteiger charge is -2.13. The van der Waals surface area contributed by atoms with E-state index in [1.54, 1.807) is 18.2 Å². The van der Waals surface area contributed by atoms with Crippen molar-refractivity contribution >= 4 is 28.5 Å². The standard InChI is InChI=1S/C26H26ClN3O2/c1-18-11-12-24(19(2)17-18)32-16-15-30-23-10-6-5-9-22(23)29-25(30)13-14-28-26(31)20-7-3-4-8-21(20)27/h3-12,17H,13-16H2,1-2H3,(H,28,31). The molecule has 0 spiro atoms. The number of rotatable bonds is 8. The summed E-state index contributed by atoms with van der Waals surface area (Å²) >= 11 is 6.13. The van der Waals surface area contributed by atoms with Gasteiger partial charge in [0.15, 0.2) is 0 Å². The molecule has 0 radical (unpaired) electrons. The summed E-state index contributed by atoms with van der Waals surface area (Å²) in [5, 5.41) is 3.39. The van der Waals surface area contributed by atoms with Gasteiger partial charge in [-0.1, -0.05) is 53.6 Å². The summed E-state index contributed by atoms with van der Waals surface area (Å²) < 4.78 is 8.22. The Labute approximate surface area is 193 Å². The molecule has 1 heterocycles. The zero-order valence-electron chi connectivity index (χ0n) is 18.3. The lowest BCUT2D eigenvalue weighted by molar-refractivity contribution is 0.0954. The molecule has 0 atom stereocenters. The van der Waals surface area contributed by atoms with Gasteiger partial charge in [0, 0.05) is 13.0 Å². The maximum Gasteiger partial charge on any atom is 0.252 e. The maximum absolute atomic E-state index is 12.5. The van der Waals surface area contributed by atoms with E-state index in [9.17, 15) is 4.79 Å². The predicted octanol–water partition coefficient (Wildman–Crippen LogP) is 5.36. The van der Waals surface area contributed by atoms with Gasteiger partial charge in [0.25, 0.3) is 5.91 Å². The number of nitrogens with zero attached hydrogens (tertiary/aromatic N) is 2. The van der Waals surface area contributed by atoms with Crippen LogP contribution in [0.5, 0.6) is 5.75 Å². The van der Waals surface area contributed by atoms with Crippen LogP contribution < -0.4 is 10.1 Å². The molecular weight excluding hydrogens is 422 g/mol. The fraction of sp³-hybridized carbons (Fsp3) is 0.231. The number of amides is 1. The average molecular weight is 448 g/mol. The first-order valence-corrected chi connectivity index (χ1v) is 11.1. The van der Waals surface area contributed by atoms with E-state index in [1.165, 1.54) is 5.56 Å². The number of benzene rings is 3. The molecule has 1 amide bonds. The van der Waals surface area contributed by atoms with Crippen molar-refractivity contribution in [2.75, 3.05) is 13.2 Å². The molecule has 0 aliphatic rings. The van der Waals surface area contributed by atoms with Crippen LogP contribution in [0.25, 0.3) is 11.0 Å². The fourth-order valence-corrected chi connectivity index (χ4v) is 4.02. The highest BCUT2D eigenvalue weighted by atomic mass is 35.5. The minimum atomic E-state index is -0.184. The third-order valence-electron chi connectivity index (χ3n) is 5.39. The lowest BCUT2D eigenvalue weighted by atomic mass is 10.1. The Bertz CT molecular complexity index is 1250. The zero-order valence-corrected chi connectivity index (χ0v) is 19.0. The zero-order chi connectivity index (χ0) is 22.5. The molecule has 6 heteroatoms. The van der Waals surface area contributed by atoms with E-state index in [2.05, 4.69) is 41.9 Å². The number of carbonyl (C=O) groups is 1. The van der Waals surface area contributed by atoms with Crippen LogP contribution in [-0.2, 0) is 13.0 Å². The van der Waals surface area contributed by atoms with E-state index in [4.69, 9.17) is 21.3 Å². The van der Waals surface area contributed by atoms with Gasteiger partial charge in [-0.3, -0.25) is 4.79 Å². The Morgan fingerprint density at radius 2 is 1.84 bits per heavy atom. The maximum atomic E-state index is 12.5. The van der Waals surface area contributed by atoms with Crippen LogP contribution in [-0.4, -0.2) is 28.6 Å². The number of imidazole rings is 1. The van der Waals surface area contributed by atoms with Crippen LogP contribution in [0, 0.1) is 13.8 Å². The molecular formula is C26H26ClN3O2. The number of fused-ring (bicyclic) bond motifs is 1. The smallest absolute Gasteiger partial charge is 0.252 e. The SMILES string of the molecule is Cc1ccc(OCCn2c(CCNC(=O)c3ccccc3Cl)nc3ccccc32)c(C)c1. The van der Waals surface area contributed by atoms with Crippen molar-refractivity contribution in [3.05, 3.63) is 94.3 Å². The summed E-state index contributed by atoms with van der Waals surface area (Å²) in [5.74, 6) is 1.62. The van der Waals surface area contributed by atoms with Crippen LogP contribution >= 0.6 is 11.6 Å². The second-order valence-corrected chi connectivity index (χ2v) is 8.18. The normalized spacial score (nSPS) is 11.0. The van der Waals surface area contributed by atoms with Gasteiger partial charge in [-0.25, -0.2) is 4.98 Å². The second kappa shape index (κ2) is 9.88. The summed E-state index contributed by atoms with van der Waals surface area (Å²) in [7, 11) is 0. The van der Waals surface area contributed by atoms with Gasteiger partial charge in [-0.15, -0.1) is 0 Å². The summed E-state index contributed by atoms with van der Waals surface area (Å²) in [6.07, 6.45) is 0.606. The monoisotopic (exact) mass is 447 g/mol. The molecule has 0 aliphatic heterocycles. The average Bonchev–Trinajstić information content (AvgIpc) is 3.13. The van der Waals surface area contributed by atoms with Gasteiger partial charge in [0.1, 0.15) is 18.2 Å². The van der Waals surface area contributed by atoms with Crippen LogP contribution in [0.1, 0.15) is 27.3 Å².